The largest absolute Gasteiger partial charge is 0.425 e. The van der Waals surface area contributed by atoms with Crippen molar-refractivity contribution in [1.82, 2.24) is 19.0 Å². The molecule has 2 aromatic carbocycles. The molecule has 178 valence electrons. The highest BCUT2D eigenvalue weighted by atomic mass is 32.2. The van der Waals surface area contributed by atoms with Gasteiger partial charge in [-0.05, 0) is 41.5 Å². The molecule has 2 N–H and O–H groups in total. The Morgan fingerprint density at radius 2 is 1.57 bits per heavy atom. The molecule has 0 aliphatic heterocycles. The van der Waals surface area contributed by atoms with Crippen LogP contribution in [0.15, 0.2) is 82.9 Å². The highest BCUT2D eigenvalue weighted by molar-refractivity contribution is 7.89. The van der Waals surface area contributed by atoms with Gasteiger partial charge in [0.1, 0.15) is 22.0 Å². The number of nitrogens with one attached hydrogen (secondary N) is 1. The Kier molecular flexibility index (Phi) is 5.58. The van der Waals surface area contributed by atoms with Crippen LogP contribution in [0.25, 0.3) is 21.8 Å². The maximum atomic E-state index is 13.4. The Balaban J connectivity index is 1.66. The second-order valence-electron chi connectivity index (χ2n) is 7.94. The number of sulfonamides is 1. The molecule has 0 spiro atoms. The molecule has 0 amide bonds. The lowest BCUT2D eigenvalue weighted by molar-refractivity contribution is 0.176. The van der Waals surface area contributed by atoms with Crippen LogP contribution in [-0.2, 0) is 23.1 Å². The van der Waals surface area contributed by atoms with E-state index in [0.29, 0.717) is 15.8 Å². The van der Waals surface area contributed by atoms with Gasteiger partial charge in [-0.3, -0.25) is 4.79 Å². The van der Waals surface area contributed by atoms with Gasteiger partial charge in [0, 0.05) is 36.3 Å². The summed E-state index contributed by atoms with van der Waals surface area (Å²) in [7, 11) is -4.11. The number of halogens is 2. The molecule has 3 heterocycles. The molecule has 11 heteroatoms. The summed E-state index contributed by atoms with van der Waals surface area (Å²) in [6, 6.07) is 12.6. The number of fused-ring (bicyclic) bond motifs is 3. The highest BCUT2D eigenvalue weighted by Gasteiger charge is 2.24. The number of pyridine rings is 2. The monoisotopic (exact) mass is 496 g/mol. The number of nitrogens with zero attached hydrogens (tertiary/aromatic N) is 3. The molecule has 0 unspecified atom stereocenters. The summed E-state index contributed by atoms with van der Waals surface area (Å²) in [4.78, 5) is 16.5. The van der Waals surface area contributed by atoms with E-state index in [-0.39, 0.29) is 34.3 Å². The zero-order valence-corrected chi connectivity index (χ0v) is 18.8. The van der Waals surface area contributed by atoms with Crippen LogP contribution < -0.4 is 10.3 Å². The molecule has 0 fully saturated rings. The molecule has 0 aliphatic carbocycles. The van der Waals surface area contributed by atoms with Crippen LogP contribution in [0.5, 0.6) is 0 Å². The molecule has 8 nitrogen and oxygen atoms in total. The van der Waals surface area contributed by atoms with Crippen molar-refractivity contribution in [2.75, 3.05) is 0 Å². The fourth-order valence-electron chi connectivity index (χ4n) is 3.90. The minimum Gasteiger partial charge on any atom is -0.425 e. The Morgan fingerprint density at radius 1 is 0.943 bits per heavy atom. The maximum Gasteiger partial charge on any atom is 0.309 e. The van der Waals surface area contributed by atoms with Gasteiger partial charge in [-0.1, -0.05) is 24.3 Å². The van der Waals surface area contributed by atoms with Crippen LogP contribution in [0.1, 0.15) is 11.1 Å². The first-order valence-corrected chi connectivity index (χ1v) is 11.9. The van der Waals surface area contributed by atoms with E-state index in [1.165, 1.54) is 54.9 Å². The van der Waals surface area contributed by atoms with Crippen molar-refractivity contribution in [3.63, 3.8) is 0 Å². The molecule has 3 aromatic heterocycles. The van der Waals surface area contributed by atoms with Crippen LogP contribution in [0, 0.1) is 11.6 Å². The average molecular weight is 496 g/mol. The predicted molar refractivity (Wildman–Crippen MR) is 125 cm³/mol. The van der Waals surface area contributed by atoms with Gasteiger partial charge < -0.3 is 9.77 Å². The zero-order chi connectivity index (χ0) is 24.7. The van der Waals surface area contributed by atoms with Gasteiger partial charge in [0.15, 0.2) is 0 Å². The summed E-state index contributed by atoms with van der Waals surface area (Å²) in [5.74, 6) is -0.832. The normalized spacial score (nSPS) is 11.9. The molecule has 0 radical (unpaired) electrons. The number of hydrogen-bond donors (Lipinski definition) is 2. The van der Waals surface area contributed by atoms with E-state index >= 15 is 0 Å². The van der Waals surface area contributed by atoms with E-state index in [4.69, 9.17) is 0 Å². The van der Waals surface area contributed by atoms with Crippen LogP contribution >= 0.6 is 0 Å². The summed E-state index contributed by atoms with van der Waals surface area (Å²) in [5, 5.41) is 10.2. The molecule has 0 saturated carbocycles. The van der Waals surface area contributed by atoms with Crippen LogP contribution in [0.4, 0.5) is 8.78 Å². The van der Waals surface area contributed by atoms with Crippen LogP contribution in [0.2, 0.25) is 0 Å². The number of aromatic nitrogens is 3. The molecule has 35 heavy (non-hydrogen) atoms. The van der Waals surface area contributed by atoms with Gasteiger partial charge in [-0.25, -0.2) is 26.9 Å². The van der Waals surface area contributed by atoms with E-state index in [0.717, 1.165) is 11.8 Å². The topological polar surface area (TPSA) is 106 Å². The fourth-order valence-corrected chi connectivity index (χ4v) is 5.16. The highest BCUT2D eigenvalue weighted by Crippen LogP contribution is 2.31. The van der Waals surface area contributed by atoms with E-state index in [9.17, 15) is 27.2 Å². The van der Waals surface area contributed by atoms with E-state index in [1.807, 2.05) is 0 Å². The first-order chi connectivity index (χ1) is 16.7. The van der Waals surface area contributed by atoms with Crippen molar-refractivity contribution < 1.29 is 22.4 Å². The van der Waals surface area contributed by atoms with Crippen molar-refractivity contribution in [3.05, 3.63) is 106 Å². The summed E-state index contributed by atoms with van der Waals surface area (Å²) in [6.45, 7) is 0.133. The lowest BCUT2D eigenvalue weighted by Crippen LogP contribution is -2.23. The van der Waals surface area contributed by atoms with E-state index in [1.54, 1.807) is 16.7 Å². The Labute approximate surface area is 197 Å². The quantitative estimate of drug-likeness (QED) is 0.351. The number of benzene rings is 2. The molecule has 5 rings (SSSR count). The van der Waals surface area contributed by atoms with Crippen LogP contribution in [-0.4, -0.2) is 27.9 Å². The predicted octanol–water partition coefficient (Wildman–Crippen LogP) is 3.39. The third kappa shape index (κ3) is 4.27. The summed E-state index contributed by atoms with van der Waals surface area (Å²) in [6.07, 6.45) is 3.90. The molecular weight excluding hydrogens is 478 g/mol. The third-order valence-electron chi connectivity index (χ3n) is 5.65. The molecule has 5 aromatic rings. The standard InChI is InChI=1S/C24H18F2N4O4S/c25-17-5-1-15(2-6-17)11-28-35(33,34)21-14-29(13-16-3-7-18(26)8-4-16)20-12-27-23-19(22(20)21)9-10-30(32)24(23)31/h1-10,12,14,28,32H,11,13H2. The second kappa shape index (κ2) is 8.60. The lowest BCUT2D eigenvalue weighted by Gasteiger charge is -2.07. The smallest absolute Gasteiger partial charge is 0.309 e. The van der Waals surface area contributed by atoms with Crippen molar-refractivity contribution >= 4 is 31.8 Å². The van der Waals surface area contributed by atoms with Crippen molar-refractivity contribution in [2.24, 2.45) is 0 Å². The van der Waals surface area contributed by atoms with Gasteiger partial charge in [-0.15, -0.1) is 0 Å². The van der Waals surface area contributed by atoms with Crippen molar-refractivity contribution in [3.8, 4) is 0 Å². The summed E-state index contributed by atoms with van der Waals surface area (Å²) < 4.78 is 57.9. The van der Waals surface area contributed by atoms with E-state index < -0.39 is 27.2 Å². The molecule has 0 aliphatic rings. The number of rotatable bonds is 6. The minimum absolute atomic E-state index is 0.0836. The average Bonchev–Trinajstić information content (AvgIpc) is 3.22. The maximum absolute atomic E-state index is 13.4. The third-order valence-corrected chi connectivity index (χ3v) is 7.07. The Hall–Kier alpha value is -4.09. The van der Waals surface area contributed by atoms with Gasteiger partial charge in [0.05, 0.1) is 11.7 Å². The first kappa shape index (κ1) is 22.7. The zero-order valence-electron chi connectivity index (χ0n) is 18.0. The fraction of sp³-hybridized carbons (Fsp3) is 0.0833. The molecule has 0 bridgehead atoms. The van der Waals surface area contributed by atoms with Gasteiger partial charge >= 0.3 is 5.56 Å². The van der Waals surface area contributed by atoms with E-state index in [2.05, 4.69) is 9.71 Å². The van der Waals surface area contributed by atoms with Gasteiger partial charge in [-0.2, -0.15) is 4.73 Å². The van der Waals surface area contributed by atoms with Gasteiger partial charge in [0.25, 0.3) is 0 Å². The van der Waals surface area contributed by atoms with Crippen molar-refractivity contribution in [2.45, 2.75) is 18.0 Å². The van der Waals surface area contributed by atoms with Crippen molar-refractivity contribution in [1.29, 1.82) is 0 Å². The number of hydrogen-bond acceptors (Lipinski definition) is 5. The Bertz CT molecular complexity index is 1730. The second-order valence-corrected chi connectivity index (χ2v) is 9.68. The molecular formula is C24H18F2N4O4S. The Morgan fingerprint density at radius 3 is 2.23 bits per heavy atom. The molecule has 0 saturated heterocycles. The van der Waals surface area contributed by atoms with Crippen LogP contribution in [0.3, 0.4) is 0 Å². The molecule has 0 atom stereocenters. The van der Waals surface area contributed by atoms with Gasteiger partial charge in [0.2, 0.25) is 10.0 Å². The summed E-state index contributed by atoms with van der Waals surface area (Å²) in [5.41, 5.74) is 0.812. The summed E-state index contributed by atoms with van der Waals surface area (Å²) >= 11 is 0. The minimum atomic E-state index is -4.11. The lowest BCUT2D eigenvalue weighted by atomic mass is 10.2. The SMILES string of the molecule is O=c1c2ncc3c(c(S(=O)(=O)NCc4ccc(F)cc4)cn3Cc3ccc(F)cc3)c2ccn1O. The first-order valence-electron chi connectivity index (χ1n) is 10.4.